The predicted molar refractivity (Wildman–Crippen MR) is 109 cm³/mol. The maximum atomic E-state index is 13.5. The molecule has 1 atom stereocenters. The molecule has 0 aliphatic heterocycles. The minimum atomic E-state index is -0.193. The molecule has 27 heavy (non-hydrogen) atoms. The molecule has 4 nitrogen and oxygen atoms in total. The summed E-state index contributed by atoms with van der Waals surface area (Å²) in [5, 5.41) is 10.4. The van der Waals surface area contributed by atoms with Gasteiger partial charge in [-0.1, -0.05) is 62.7 Å². The summed E-state index contributed by atoms with van der Waals surface area (Å²) in [6.45, 7) is 6.08. The van der Waals surface area contributed by atoms with Gasteiger partial charge in [0.25, 0.3) is 5.56 Å². The van der Waals surface area contributed by atoms with Crippen molar-refractivity contribution in [3.05, 3.63) is 81.8 Å². The highest BCUT2D eigenvalue weighted by Crippen LogP contribution is 2.30. The van der Waals surface area contributed by atoms with Crippen LogP contribution in [-0.4, -0.2) is 14.7 Å². The van der Waals surface area contributed by atoms with E-state index in [2.05, 4.69) is 6.92 Å². The fourth-order valence-electron chi connectivity index (χ4n) is 3.51. The van der Waals surface area contributed by atoms with Crippen LogP contribution in [0.25, 0.3) is 11.4 Å². The number of phenolic OH excluding ortho intramolecular Hbond substituents is 1. The summed E-state index contributed by atoms with van der Waals surface area (Å²) in [6, 6.07) is 16.8. The van der Waals surface area contributed by atoms with Gasteiger partial charge in [-0.25, -0.2) is 4.98 Å². The largest absolute Gasteiger partial charge is 0.507 e. The molecule has 0 saturated carbocycles. The van der Waals surface area contributed by atoms with Crippen LogP contribution in [-0.2, 0) is 12.8 Å². The normalized spacial score (nSPS) is 12.1. The molecule has 4 heteroatoms. The Hall–Kier alpha value is -2.88. The van der Waals surface area contributed by atoms with Crippen molar-refractivity contribution < 1.29 is 5.11 Å². The summed E-state index contributed by atoms with van der Waals surface area (Å²) in [4.78, 5) is 18.3. The Morgan fingerprint density at radius 2 is 1.70 bits per heavy atom. The van der Waals surface area contributed by atoms with E-state index in [1.165, 1.54) is 0 Å². The third-order valence-corrected chi connectivity index (χ3v) is 4.95. The van der Waals surface area contributed by atoms with Crippen molar-refractivity contribution in [3.63, 3.8) is 0 Å². The van der Waals surface area contributed by atoms with Crippen molar-refractivity contribution in [1.29, 1.82) is 0 Å². The van der Waals surface area contributed by atoms with Crippen molar-refractivity contribution >= 4 is 0 Å². The lowest BCUT2D eigenvalue weighted by Crippen LogP contribution is -2.31. The third-order valence-electron chi connectivity index (χ3n) is 4.95. The molecule has 3 aromatic rings. The van der Waals surface area contributed by atoms with Crippen molar-refractivity contribution in [3.8, 4) is 17.1 Å². The number of nitrogens with zero attached hydrogens (tertiary/aromatic N) is 2. The lowest BCUT2D eigenvalue weighted by molar-refractivity contribution is 0.475. The zero-order chi connectivity index (χ0) is 19.4. The average molecular weight is 362 g/mol. The molecule has 140 valence electrons. The highest BCUT2D eigenvalue weighted by molar-refractivity contribution is 5.64. The van der Waals surface area contributed by atoms with E-state index in [0.717, 1.165) is 29.7 Å². The molecule has 0 aliphatic rings. The smallest absolute Gasteiger partial charge is 0.257 e. The van der Waals surface area contributed by atoms with Crippen molar-refractivity contribution in [2.24, 2.45) is 0 Å². The van der Waals surface area contributed by atoms with E-state index in [9.17, 15) is 9.90 Å². The summed E-state index contributed by atoms with van der Waals surface area (Å²) < 4.78 is 1.72. The minimum Gasteiger partial charge on any atom is -0.507 e. The van der Waals surface area contributed by atoms with Gasteiger partial charge in [-0.3, -0.25) is 9.36 Å². The third kappa shape index (κ3) is 3.65. The Bertz CT molecular complexity index is 977. The maximum absolute atomic E-state index is 13.5. The van der Waals surface area contributed by atoms with Crippen molar-refractivity contribution in [2.45, 2.75) is 46.1 Å². The van der Waals surface area contributed by atoms with E-state index in [4.69, 9.17) is 4.98 Å². The zero-order valence-corrected chi connectivity index (χ0v) is 16.1. The Kier molecular flexibility index (Phi) is 5.75. The number of hydrogen-bond acceptors (Lipinski definition) is 3. The molecule has 1 N–H and O–H groups in total. The predicted octanol–water partition coefficient (Wildman–Crippen LogP) is 4.74. The summed E-state index contributed by atoms with van der Waals surface area (Å²) in [7, 11) is 0. The molecule has 0 spiro atoms. The van der Waals surface area contributed by atoms with E-state index >= 15 is 0 Å². The molecule has 1 unspecified atom stereocenters. The highest BCUT2D eigenvalue weighted by atomic mass is 16.3. The number of aryl methyl sites for hydroxylation is 1. The first-order chi connectivity index (χ1) is 13.1. The highest BCUT2D eigenvalue weighted by Gasteiger charge is 2.22. The second-order valence-corrected chi connectivity index (χ2v) is 6.74. The zero-order valence-electron chi connectivity index (χ0n) is 16.1. The quantitative estimate of drug-likeness (QED) is 0.689. The molecule has 0 bridgehead atoms. The van der Waals surface area contributed by atoms with E-state index < -0.39 is 0 Å². The van der Waals surface area contributed by atoms with Gasteiger partial charge in [-0.15, -0.1) is 0 Å². The van der Waals surface area contributed by atoms with Gasteiger partial charge in [-0.05, 0) is 37.5 Å². The molecule has 0 radical (unpaired) electrons. The summed E-state index contributed by atoms with van der Waals surface area (Å²) in [5.41, 5.74) is 3.19. The van der Waals surface area contributed by atoms with Gasteiger partial charge in [0.05, 0.1) is 17.3 Å². The van der Waals surface area contributed by atoms with Crippen LogP contribution >= 0.6 is 0 Å². The van der Waals surface area contributed by atoms with Gasteiger partial charge in [0.1, 0.15) is 11.6 Å². The first-order valence-corrected chi connectivity index (χ1v) is 9.56. The average Bonchev–Trinajstić information content (AvgIpc) is 2.69. The minimum absolute atomic E-state index is 0.0226. The molecular weight excluding hydrogens is 336 g/mol. The second kappa shape index (κ2) is 8.21. The van der Waals surface area contributed by atoms with Crippen LogP contribution in [0.3, 0.4) is 0 Å². The molecule has 1 heterocycles. The molecule has 1 aromatic heterocycles. The fourth-order valence-corrected chi connectivity index (χ4v) is 3.51. The lowest BCUT2D eigenvalue weighted by Gasteiger charge is -2.22. The summed E-state index contributed by atoms with van der Waals surface area (Å²) in [6.07, 6.45) is 2.31. The monoisotopic (exact) mass is 362 g/mol. The maximum Gasteiger partial charge on any atom is 0.257 e. The van der Waals surface area contributed by atoms with Gasteiger partial charge in [0.2, 0.25) is 0 Å². The van der Waals surface area contributed by atoms with Crippen LogP contribution in [0.5, 0.6) is 5.75 Å². The number of benzene rings is 2. The van der Waals surface area contributed by atoms with Crippen LogP contribution in [0.15, 0.2) is 59.4 Å². The second-order valence-electron chi connectivity index (χ2n) is 6.74. The van der Waals surface area contributed by atoms with Gasteiger partial charge in [0.15, 0.2) is 0 Å². The molecule has 2 aromatic carbocycles. The first kappa shape index (κ1) is 18.9. The van der Waals surface area contributed by atoms with Crippen LogP contribution in [0.2, 0.25) is 0 Å². The number of para-hydroxylation sites is 1. The van der Waals surface area contributed by atoms with E-state index in [-0.39, 0.29) is 17.4 Å². The summed E-state index contributed by atoms with van der Waals surface area (Å²) >= 11 is 0. The summed E-state index contributed by atoms with van der Waals surface area (Å²) in [5.74, 6) is 0.653. The van der Waals surface area contributed by atoms with E-state index in [0.29, 0.717) is 17.8 Å². The first-order valence-electron chi connectivity index (χ1n) is 9.56. The van der Waals surface area contributed by atoms with Crippen LogP contribution in [0, 0.1) is 0 Å². The Labute approximate surface area is 160 Å². The number of rotatable bonds is 6. The van der Waals surface area contributed by atoms with Gasteiger partial charge in [0, 0.05) is 5.56 Å². The van der Waals surface area contributed by atoms with E-state index in [1.807, 2.05) is 56.3 Å². The van der Waals surface area contributed by atoms with E-state index in [1.54, 1.807) is 16.7 Å². The van der Waals surface area contributed by atoms with Crippen LogP contribution in [0.4, 0.5) is 0 Å². The standard InChI is InChI=1S/C23H26N2O2/c1-4-11-20-18(5-2)23(27)25(16(3)17-12-7-6-8-13-17)22(24-20)19-14-9-10-15-21(19)26/h6-10,12-16,26H,4-5,11H2,1-3H3. The SMILES string of the molecule is CCCc1nc(-c2ccccc2O)n(C(C)c2ccccc2)c(=O)c1CC. The van der Waals surface area contributed by atoms with Crippen molar-refractivity contribution in [2.75, 3.05) is 0 Å². The lowest BCUT2D eigenvalue weighted by atomic mass is 10.0. The molecule has 0 amide bonds. The van der Waals surface area contributed by atoms with Crippen molar-refractivity contribution in [1.82, 2.24) is 9.55 Å². The fraction of sp³-hybridized carbons (Fsp3) is 0.304. The molecule has 0 aliphatic carbocycles. The Morgan fingerprint density at radius 1 is 1.04 bits per heavy atom. The van der Waals surface area contributed by atoms with Crippen LogP contribution < -0.4 is 5.56 Å². The van der Waals surface area contributed by atoms with Gasteiger partial charge < -0.3 is 5.11 Å². The Morgan fingerprint density at radius 3 is 2.33 bits per heavy atom. The number of aromatic nitrogens is 2. The number of phenols is 1. The molecular formula is C23H26N2O2. The topological polar surface area (TPSA) is 55.1 Å². The molecule has 0 saturated heterocycles. The van der Waals surface area contributed by atoms with Crippen LogP contribution in [0.1, 0.15) is 50.1 Å². The van der Waals surface area contributed by atoms with Gasteiger partial charge in [-0.2, -0.15) is 0 Å². The Balaban J connectivity index is 2.33. The van der Waals surface area contributed by atoms with Gasteiger partial charge >= 0.3 is 0 Å². The number of hydrogen-bond donors (Lipinski definition) is 1. The molecule has 0 fully saturated rings. The number of aromatic hydroxyl groups is 1. The molecule has 3 rings (SSSR count).